The number of ether oxygens (including phenoxy) is 1. The van der Waals surface area contributed by atoms with Crippen LogP contribution in [0, 0.1) is 0 Å². The van der Waals surface area contributed by atoms with Gasteiger partial charge in [-0.15, -0.1) is 11.3 Å². The van der Waals surface area contributed by atoms with Crippen LogP contribution < -0.4 is 10.2 Å². The number of quaternary nitrogens is 1. The lowest BCUT2D eigenvalue weighted by molar-refractivity contribution is -0.919. The second-order valence-corrected chi connectivity index (χ2v) is 9.70. The third kappa shape index (κ3) is 6.82. The Kier molecular flexibility index (Phi) is 8.90. The van der Waals surface area contributed by atoms with E-state index in [0.717, 1.165) is 21.6 Å². The molecule has 4 aromatic rings. The van der Waals surface area contributed by atoms with Gasteiger partial charge in [0.15, 0.2) is 6.54 Å². The fourth-order valence-corrected chi connectivity index (χ4v) is 5.15. The predicted molar refractivity (Wildman–Crippen MR) is 145 cm³/mol. The Balaban J connectivity index is 1.55. The standard InChI is InChI=1S/C29H27ClN2O3S/c1-2-35-29(34)27-25(23-13-15-24(30)16-14-23)20-36-28(27)31-26(33)19-32(17-21-9-5-3-6-10-21)18-22-11-7-4-8-12-22/h3-16,20H,2,17-19H2,1H3,(H,31,33)/p+1. The van der Waals surface area contributed by atoms with Crippen molar-refractivity contribution in [2.24, 2.45) is 0 Å². The van der Waals surface area contributed by atoms with Gasteiger partial charge in [0.2, 0.25) is 0 Å². The van der Waals surface area contributed by atoms with Gasteiger partial charge >= 0.3 is 5.97 Å². The molecule has 0 bridgehead atoms. The van der Waals surface area contributed by atoms with Crippen LogP contribution in [0.1, 0.15) is 28.4 Å². The number of anilines is 1. The van der Waals surface area contributed by atoms with Gasteiger partial charge in [-0.05, 0) is 24.6 Å². The maximum Gasteiger partial charge on any atom is 0.341 e. The van der Waals surface area contributed by atoms with E-state index in [4.69, 9.17) is 16.3 Å². The molecule has 0 unspecified atom stereocenters. The van der Waals surface area contributed by atoms with Crippen molar-refractivity contribution < 1.29 is 19.2 Å². The number of carbonyl (C=O) groups excluding carboxylic acids is 2. The molecule has 3 aromatic carbocycles. The van der Waals surface area contributed by atoms with Gasteiger partial charge < -0.3 is 15.0 Å². The number of nitrogens with one attached hydrogen (secondary N) is 2. The predicted octanol–water partition coefficient (Wildman–Crippen LogP) is 5.47. The average molecular weight is 520 g/mol. The zero-order valence-corrected chi connectivity index (χ0v) is 21.6. The van der Waals surface area contributed by atoms with E-state index in [0.29, 0.717) is 34.2 Å². The minimum Gasteiger partial charge on any atom is -0.462 e. The molecule has 1 heterocycles. The average Bonchev–Trinajstić information content (AvgIpc) is 3.29. The number of benzene rings is 3. The lowest BCUT2D eigenvalue weighted by atomic mass is 10.0. The molecule has 36 heavy (non-hydrogen) atoms. The Morgan fingerprint density at radius 2 is 1.47 bits per heavy atom. The number of halogens is 1. The highest BCUT2D eigenvalue weighted by atomic mass is 35.5. The normalized spacial score (nSPS) is 10.9. The molecule has 0 spiro atoms. The third-order valence-electron chi connectivity index (χ3n) is 5.68. The monoisotopic (exact) mass is 519 g/mol. The van der Waals surface area contributed by atoms with Crippen molar-refractivity contribution in [1.82, 2.24) is 0 Å². The molecule has 0 aliphatic carbocycles. The van der Waals surface area contributed by atoms with Crippen molar-refractivity contribution in [2.75, 3.05) is 18.5 Å². The minimum absolute atomic E-state index is 0.160. The topological polar surface area (TPSA) is 59.8 Å². The molecule has 0 radical (unpaired) electrons. The molecule has 4 rings (SSSR count). The van der Waals surface area contributed by atoms with Crippen LogP contribution in [0.15, 0.2) is 90.3 Å². The smallest absolute Gasteiger partial charge is 0.341 e. The molecule has 1 aromatic heterocycles. The number of rotatable bonds is 10. The Bertz CT molecular complexity index is 1250. The first kappa shape index (κ1) is 25.6. The second-order valence-electron chi connectivity index (χ2n) is 8.38. The number of carbonyl (C=O) groups is 2. The van der Waals surface area contributed by atoms with E-state index in [1.807, 2.05) is 53.9 Å². The van der Waals surface area contributed by atoms with Crippen molar-refractivity contribution in [3.63, 3.8) is 0 Å². The van der Waals surface area contributed by atoms with E-state index >= 15 is 0 Å². The van der Waals surface area contributed by atoms with Crippen molar-refractivity contribution in [3.05, 3.63) is 112 Å². The Morgan fingerprint density at radius 3 is 2.03 bits per heavy atom. The van der Waals surface area contributed by atoms with Crippen LogP contribution in [-0.2, 0) is 22.6 Å². The number of hydrogen-bond acceptors (Lipinski definition) is 4. The highest BCUT2D eigenvalue weighted by Crippen LogP contribution is 2.36. The number of thiophene rings is 1. The van der Waals surface area contributed by atoms with Crippen LogP contribution in [0.5, 0.6) is 0 Å². The van der Waals surface area contributed by atoms with Gasteiger partial charge in [0.05, 0.1) is 6.61 Å². The van der Waals surface area contributed by atoms with Crippen molar-refractivity contribution >= 4 is 39.8 Å². The number of esters is 1. The molecule has 184 valence electrons. The first-order valence-electron chi connectivity index (χ1n) is 11.8. The summed E-state index contributed by atoms with van der Waals surface area (Å²) in [4.78, 5) is 27.2. The summed E-state index contributed by atoms with van der Waals surface area (Å²) in [5, 5.41) is 5.95. The summed E-state index contributed by atoms with van der Waals surface area (Å²) in [6, 6.07) is 27.5. The van der Waals surface area contributed by atoms with Gasteiger partial charge in [-0.2, -0.15) is 0 Å². The van der Waals surface area contributed by atoms with E-state index in [2.05, 4.69) is 29.6 Å². The molecule has 5 nitrogen and oxygen atoms in total. The molecule has 7 heteroatoms. The highest BCUT2D eigenvalue weighted by molar-refractivity contribution is 7.15. The molecule has 0 aliphatic rings. The molecule has 0 saturated carbocycles. The maximum atomic E-state index is 13.2. The maximum absolute atomic E-state index is 13.2. The van der Waals surface area contributed by atoms with Crippen LogP contribution >= 0.6 is 22.9 Å². The van der Waals surface area contributed by atoms with Crippen molar-refractivity contribution in [1.29, 1.82) is 0 Å². The summed E-state index contributed by atoms with van der Waals surface area (Å²) in [6.45, 7) is 3.66. The van der Waals surface area contributed by atoms with Crippen molar-refractivity contribution in [3.8, 4) is 11.1 Å². The fraction of sp³-hybridized carbons (Fsp3) is 0.172. The SMILES string of the molecule is CCOC(=O)c1c(-c2ccc(Cl)cc2)csc1NC(=O)C[NH+](Cc1ccccc1)Cc1ccccc1. The number of amides is 1. The molecule has 0 atom stereocenters. The third-order valence-corrected chi connectivity index (χ3v) is 6.83. The Hall–Kier alpha value is -3.45. The lowest BCUT2D eigenvalue weighted by Gasteiger charge is -2.19. The van der Waals surface area contributed by atoms with Gasteiger partial charge in [0, 0.05) is 27.1 Å². The molecule has 0 saturated heterocycles. The van der Waals surface area contributed by atoms with Crippen LogP contribution in [0.3, 0.4) is 0 Å². The first-order chi connectivity index (χ1) is 17.5. The highest BCUT2D eigenvalue weighted by Gasteiger charge is 2.24. The van der Waals surface area contributed by atoms with Gasteiger partial charge in [-0.3, -0.25) is 4.79 Å². The first-order valence-corrected chi connectivity index (χ1v) is 13.0. The van der Waals surface area contributed by atoms with Crippen LogP contribution in [0.2, 0.25) is 5.02 Å². The summed E-state index contributed by atoms with van der Waals surface area (Å²) >= 11 is 7.36. The summed E-state index contributed by atoms with van der Waals surface area (Å²) in [6.07, 6.45) is 0. The summed E-state index contributed by atoms with van der Waals surface area (Å²) in [5.74, 6) is -0.622. The summed E-state index contributed by atoms with van der Waals surface area (Å²) in [7, 11) is 0. The van der Waals surface area contributed by atoms with E-state index in [1.165, 1.54) is 11.3 Å². The zero-order chi connectivity index (χ0) is 25.3. The molecular formula is C29H28ClN2O3S+. The minimum atomic E-state index is -0.461. The van der Waals surface area contributed by atoms with Gasteiger partial charge in [0.1, 0.15) is 23.7 Å². The zero-order valence-electron chi connectivity index (χ0n) is 20.0. The van der Waals surface area contributed by atoms with Crippen LogP contribution in [-0.4, -0.2) is 25.0 Å². The molecule has 1 amide bonds. The Labute approximate surface area is 220 Å². The largest absolute Gasteiger partial charge is 0.462 e. The summed E-state index contributed by atoms with van der Waals surface area (Å²) in [5.41, 5.74) is 4.22. The van der Waals surface area contributed by atoms with E-state index in [-0.39, 0.29) is 19.1 Å². The van der Waals surface area contributed by atoms with E-state index < -0.39 is 5.97 Å². The molecule has 0 fully saturated rings. The quantitative estimate of drug-likeness (QED) is 0.273. The van der Waals surface area contributed by atoms with Crippen LogP contribution in [0.25, 0.3) is 11.1 Å². The van der Waals surface area contributed by atoms with Gasteiger partial charge in [-0.1, -0.05) is 84.4 Å². The van der Waals surface area contributed by atoms with Gasteiger partial charge in [-0.25, -0.2) is 4.79 Å². The van der Waals surface area contributed by atoms with Gasteiger partial charge in [0.25, 0.3) is 5.91 Å². The second kappa shape index (κ2) is 12.5. The Morgan fingerprint density at radius 1 is 0.889 bits per heavy atom. The number of hydrogen-bond donors (Lipinski definition) is 2. The fourth-order valence-electron chi connectivity index (χ4n) is 4.05. The van der Waals surface area contributed by atoms with Crippen LogP contribution in [0.4, 0.5) is 5.00 Å². The summed E-state index contributed by atoms with van der Waals surface area (Å²) < 4.78 is 5.32. The van der Waals surface area contributed by atoms with E-state index in [9.17, 15) is 9.59 Å². The van der Waals surface area contributed by atoms with Crippen molar-refractivity contribution in [2.45, 2.75) is 20.0 Å². The molecule has 0 aliphatic heterocycles. The molecular weight excluding hydrogens is 492 g/mol. The molecule has 2 N–H and O–H groups in total. The van der Waals surface area contributed by atoms with E-state index in [1.54, 1.807) is 19.1 Å². The lowest BCUT2D eigenvalue weighted by Crippen LogP contribution is -3.10.